The molecule has 0 bridgehead atoms. The van der Waals surface area contributed by atoms with Crippen LogP contribution in [0.15, 0.2) is 29.2 Å². The van der Waals surface area contributed by atoms with Gasteiger partial charge in [-0.2, -0.15) is 0 Å². The zero-order valence-corrected chi connectivity index (χ0v) is 13.6. The fourth-order valence-electron chi connectivity index (χ4n) is 2.18. The molecular formula is C15H26N2O2S. The number of benzene rings is 1. The molecule has 4 nitrogen and oxygen atoms in total. The van der Waals surface area contributed by atoms with E-state index < -0.39 is 10.0 Å². The number of rotatable bonds is 8. The molecular weight excluding hydrogens is 272 g/mol. The molecule has 0 radical (unpaired) electrons. The molecule has 1 rings (SSSR count). The van der Waals surface area contributed by atoms with Gasteiger partial charge in [0.05, 0.1) is 4.90 Å². The van der Waals surface area contributed by atoms with Gasteiger partial charge < -0.3 is 5.32 Å². The highest BCUT2D eigenvalue weighted by molar-refractivity contribution is 7.89. The highest BCUT2D eigenvalue weighted by Crippen LogP contribution is 2.14. The number of sulfonamides is 1. The van der Waals surface area contributed by atoms with E-state index in [1.807, 2.05) is 19.9 Å². The normalized spacial score (nSPS) is 13.7. The van der Waals surface area contributed by atoms with Gasteiger partial charge >= 0.3 is 0 Å². The lowest BCUT2D eigenvalue weighted by molar-refractivity contribution is 0.482. The second-order valence-corrected chi connectivity index (χ2v) is 7.29. The van der Waals surface area contributed by atoms with Gasteiger partial charge in [0.1, 0.15) is 0 Å². The maximum atomic E-state index is 12.3. The van der Waals surface area contributed by atoms with Crippen molar-refractivity contribution in [3.8, 4) is 0 Å². The van der Waals surface area contributed by atoms with E-state index in [2.05, 4.69) is 23.9 Å². The molecule has 0 aliphatic carbocycles. The van der Waals surface area contributed by atoms with E-state index in [4.69, 9.17) is 0 Å². The molecule has 0 heterocycles. The molecule has 0 saturated carbocycles. The third-order valence-electron chi connectivity index (χ3n) is 2.97. The van der Waals surface area contributed by atoms with Gasteiger partial charge in [-0.1, -0.05) is 32.9 Å². The summed E-state index contributed by atoms with van der Waals surface area (Å²) in [7, 11) is -3.43. The van der Waals surface area contributed by atoms with Crippen LogP contribution in [0.2, 0.25) is 0 Å². The van der Waals surface area contributed by atoms with Gasteiger partial charge in [0, 0.05) is 12.6 Å². The molecule has 20 heavy (non-hydrogen) atoms. The van der Waals surface area contributed by atoms with Crippen molar-refractivity contribution in [1.29, 1.82) is 0 Å². The van der Waals surface area contributed by atoms with Crippen LogP contribution in [-0.2, 0) is 16.6 Å². The first kappa shape index (κ1) is 17.1. The van der Waals surface area contributed by atoms with Gasteiger partial charge in [-0.25, -0.2) is 13.1 Å². The summed E-state index contributed by atoms with van der Waals surface area (Å²) in [5, 5.41) is 3.19. The van der Waals surface area contributed by atoms with Crippen molar-refractivity contribution in [3.05, 3.63) is 29.8 Å². The lowest BCUT2D eigenvalue weighted by atomic mass is 10.1. The molecule has 1 unspecified atom stereocenters. The van der Waals surface area contributed by atoms with E-state index in [0.29, 0.717) is 17.4 Å². The Balaban J connectivity index is 2.81. The second-order valence-electron chi connectivity index (χ2n) is 5.58. The van der Waals surface area contributed by atoms with Crippen LogP contribution >= 0.6 is 0 Å². The van der Waals surface area contributed by atoms with Crippen LogP contribution in [0, 0.1) is 5.92 Å². The zero-order valence-electron chi connectivity index (χ0n) is 12.8. The fourth-order valence-corrected chi connectivity index (χ4v) is 3.51. The quantitative estimate of drug-likeness (QED) is 0.775. The first-order valence-electron chi connectivity index (χ1n) is 7.17. The molecule has 0 aliphatic rings. The van der Waals surface area contributed by atoms with Gasteiger partial charge in [0.2, 0.25) is 10.0 Å². The molecule has 0 saturated heterocycles. The summed E-state index contributed by atoms with van der Waals surface area (Å²) < 4.78 is 27.4. The standard InChI is InChI=1S/C15H26N2O2S/c1-5-16-11-14-7-6-8-15(10-14)20(18,19)17-13(4)9-12(2)3/h6-8,10,12-13,16-17H,5,9,11H2,1-4H3. The largest absolute Gasteiger partial charge is 0.313 e. The van der Waals surface area contributed by atoms with E-state index >= 15 is 0 Å². The Hall–Kier alpha value is -0.910. The minimum atomic E-state index is -3.43. The van der Waals surface area contributed by atoms with Gasteiger partial charge in [-0.15, -0.1) is 0 Å². The number of nitrogens with one attached hydrogen (secondary N) is 2. The summed E-state index contributed by atoms with van der Waals surface area (Å²) in [5.74, 6) is 0.466. The molecule has 1 aromatic rings. The highest BCUT2D eigenvalue weighted by atomic mass is 32.2. The smallest absolute Gasteiger partial charge is 0.240 e. The summed E-state index contributed by atoms with van der Waals surface area (Å²) in [5.41, 5.74) is 0.978. The Labute approximate surface area is 123 Å². The van der Waals surface area contributed by atoms with Crippen LogP contribution in [0.3, 0.4) is 0 Å². The fraction of sp³-hybridized carbons (Fsp3) is 0.600. The van der Waals surface area contributed by atoms with Crippen LogP contribution in [0.5, 0.6) is 0 Å². The van der Waals surface area contributed by atoms with Gasteiger partial charge in [0.25, 0.3) is 0 Å². The van der Waals surface area contributed by atoms with Crippen molar-refractivity contribution in [2.75, 3.05) is 6.54 Å². The van der Waals surface area contributed by atoms with Crippen molar-refractivity contribution in [2.24, 2.45) is 5.92 Å². The van der Waals surface area contributed by atoms with E-state index in [1.54, 1.807) is 18.2 Å². The molecule has 0 fully saturated rings. The summed E-state index contributed by atoms with van der Waals surface area (Å²) in [4.78, 5) is 0.337. The van der Waals surface area contributed by atoms with Crippen molar-refractivity contribution >= 4 is 10.0 Å². The second kappa shape index (κ2) is 7.76. The third-order valence-corrected chi connectivity index (χ3v) is 4.56. The predicted octanol–water partition coefficient (Wildman–Crippen LogP) is 2.51. The predicted molar refractivity (Wildman–Crippen MR) is 83.1 cm³/mol. The maximum absolute atomic E-state index is 12.3. The van der Waals surface area contributed by atoms with Gasteiger partial charge in [-0.3, -0.25) is 0 Å². The van der Waals surface area contributed by atoms with Crippen molar-refractivity contribution < 1.29 is 8.42 Å². The lowest BCUT2D eigenvalue weighted by Gasteiger charge is -2.16. The minimum absolute atomic E-state index is 0.0579. The first-order valence-corrected chi connectivity index (χ1v) is 8.65. The molecule has 2 N–H and O–H groups in total. The maximum Gasteiger partial charge on any atom is 0.240 e. The van der Waals surface area contributed by atoms with E-state index in [9.17, 15) is 8.42 Å². The number of hydrogen-bond donors (Lipinski definition) is 2. The third kappa shape index (κ3) is 5.61. The topological polar surface area (TPSA) is 58.2 Å². The monoisotopic (exact) mass is 298 g/mol. The molecule has 5 heteroatoms. The SMILES string of the molecule is CCNCc1cccc(S(=O)(=O)NC(C)CC(C)C)c1. The van der Waals surface area contributed by atoms with Gasteiger partial charge in [0.15, 0.2) is 0 Å². The summed E-state index contributed by atoms with van der Waals surface area (Å²) in [6.45, 7) is 9.64. The van der Waals surface area contributed by atoms with Gasteiger partial charge in [-0.05, 0) is 43.5 Å². The van der Waals surface area contributed by atoms with Crippen molar-refractivity contribution in [1.82, 2.24) is 10.0 Å². The van der Waals surface area contributed by atoms with Crippen LogP contribution < -0.4 is 10.0 Å². The minimum Gasteiger partial charge on any atom is -0.313 e. The van der Waals surface area contributed by atoms with Crippen LogP contribution in [0.1, 0.15) is 39.7 Å². The molecule has 114 valence electrons. The Morgan fingerprint density at radius 2 is 1.90 bits per heavy atom. The van der Waals surface area contributed by atoms with Crippen molar-refractivity contribution in [3.63, 3.8) is 0 Å². The molecule has 0 amide bonds. The Bertz CT molecular complexity index is 512. The summed E-state index contributed by atoms with van der Waals surface area (Å²) in [6, 6.07) is 7.03. The van der Waals surface area contributed by atoms with E-state index in [0.717, 1.165) is 18.5 Å². The molecule has 1 atom stereocenters. The average molecular weight is 298 g/mol. The molecule has 0 aromatic heterocycles. The van der Waals surface area contributed by atoms with Crippen molar-refractivity contribution in [2.45, 2.75) is 51.6 Å². The van der Waals surface area contributed by atoms with Crippen LogP contribution in [0.4, 0.5) is 0 Å². The molecule has 0 aliphatic heterocycles. The first-order chi connectivity index (χ1) is 9.35. The number of hydrogen-bond acceptors (Lipinski definition) is 3. The van der Waals surface area contributed by atoms with Crippen LogP contribution in [-0.4, -0.2) is 21.0 Å². The molecule has 0 spiro atoms. The Morgan fingerprint density at radius 3 is 2.50 bits per heavy atom. The summed E-state index contributed by atoms with van der Waals surface area (Å²) >= 11 is 0. The van der Waals surface area contributed by atoms with E-state index in [-0.39, 0.29) is 6.04 Å². The lowest BCUT2D eigenvalue weighted by Crippen LogP contribution is -2.33. The average Bonchev–Trinajstić information content (AvgIpc) is 2.35. The highest BCUT2D eigenvalue weighted by Gasteiger charge is 2.18. The molecule has 1 aromatic carbocycles. The Morgan fingerprint density at radius 1 is 1.20 bits per heavy atom. The van der Waals surface area contributed by atoms with E-state index in [1.165, 1.54) is 0 Å². The summed E-state index contributed by atoms with van der Waals surface area (Å²) in [6.07, 6.45) is 0.830. The Kier molecular flexibility index (Phi) is 6.65. The van der Waals surface area contributed by atoms with Crippen LogP contribution in [0.25, 0.3) is 0 Å². The zero-order chi connectivity index (χ0) is 15.2.